The zero-order chi connectivity index (χ0) is 21.4. The number of carbonyl (C=O) groups excluding carboxylic acids is 2. The van der Waals surface area contributed by atoms with Crippen LogP contribution in [0.4, 0.5) is 4.39 Å². The van der Waals surface area contributed by atoms with Gasteiger partial charge in [-0.2, -0.15) is 0 Å². The van der Waals surface area contributed by atoms with E-state index in [1.54, 1.807) is 24.3 Å². The van der Waals surface area contributed by atoms with Crippen LogP contribution in [0.5, 0.6) is 0 Å². The topological polar surface area (TPSA) is 46.6 Å². The molecule has 0 saturated heterocycles. The normalized spacial score (nSPS) is 17.6. The van der Waals surface area contributed by atoms with Crippen LogP contribution in [0.15, 0.2) is 72.8 Å². The molecule has 3 aromatic carbocycles. The molecule has 0 unspecified atom stereocenters. The van der Waals surface area contributed by atoms with Crippen molar-refractivity contribution in [1.29, 1.82) is 0 Å². The average Bonchev–Trinajstić information content (AvgIpc) is 3.64. The number of amides is 1. The number of rotatable bonds is 5. The van der Waals surface area contributed by atoms with Crippen molar-refractivity contribution in [2.45, 2.75) is 38.0 Å². The lowest BCUT2D eigenvalue weighted by molar-refractivity contribution is 0.0252. The van der Waals surface area contributed by atoms with Crippen LogP contribution in [0.3, 0.4) is 0 Å². The fourth-order valence-electron chi connectivity index (χ4n) is 4.09. The summed E-state index contributed by atoms with van der Waals surface area (Å²) in [6.45, 7) is 0.440. The van der Waals surface area contributed by atoms with Crippen molar-refractivity contribution in [3.63, 3.8) is 0 Å². The molecule has 1 fully saturated rings. The average molecular weight is 415 g/mol. The highest BCUT2D eigenvalue weighted by Crippen LogP contribution is 2.33. The molecule has 1 aliphatic heterocycles. The minimum Gasteiger partial charge on any atom is -0.454 e. The van der Waals surface area contributed by atoms with E-state index in [4.69, 9.17) is 4.74 Å². The van der Waals surface area contributed by atoms with Crippen LogP contribution in [-0.2, 0) is 17.7 Å². The third-order valence-electron chi connectivity index (χ3n) is 5.91. The van der Waals surface area contributed by atoms with Crippen LogP contribution in [0.1, 0.15) is 56.4 Å². The summed E-state index contributed by atoms with van der Waals surface area (Å²) in [5.41, 5.74) is 3.74. The molecule has 1 heterocycles. The fourth-order valence-corrected chi connectivity index (χ4v) is 4.09. The Labute approximate surface area is 180 Å². The molecule has 0 bridgehead atoms. The summed E-state index contributed by atoms with van der Waals surface area (Å²) in [6, 6.07) is 21.3. The summed E-state index contributed by atoms with van der Waals surface area (Å²) in [5.74, 6) is -0.716. The quantitative estimate of drug-likeness (QED) is 0.546. The summed E-state index contributed by atoms with van der Waals surface area (Å²) in [7, 11) is 0. The summed E-state index contributed by atoms with van der Waals surface area (Å²) >= 11 is 0. The molecule has 1 amide bonds. The molecule has 4 nitrogen and oxygen atoms in total. The lowest BCUT2D eigenvalue weighted by atomic mass is 9.93. The lowest BCUT2D eigenvalue weighted by Gasteiger charge is -2.27. The van der Waals surface area contributed by atoms with Crippen LogP contribution in [0, 0.1) is 5.82 Å². The standard InChI is InChI=1S/C26H22FNO3/c27-21-9-6-17(7-10-21)16-28(22-11-12-22)25(29)19-8-13-23-20(14-19)15-24(31-26(23)30)18-4-2-1-3-5-18/h1-10,13-14,22,24H,11-12,15-16H2/t24-/m1/s1. The van der Waals surface area contributed by atoms with E-state index in [2.05, 4.69) is 0 Å². The van der Waals surface area contributed by atoms with Crippen LogP contribution >= 0.6 is 0 Å². The Morgan fingerprint density at radius 3 is 2.45 bits per heavy atom. The maximum atomic E-state index is 13.4. The first-order chi connectivity index (χ1) is 15.1. The van der Waals surface area contributed by atoms with Gasteiger partial charge >= 0.3 is 5.97 Å². The van der Waals surface area contributed by atoms with Crippen LogP contribution < -0.4 is 0 Å². The number of cyclic esters (lactones) is 1. The summed E-state index contributed by atoms with van der Waals surface area (Å²) in [5, 5.41) is 0. The third kappa shape index (κ3) is 4.08. The van der Waals surface area contributed by atoms with Gasteiger partial charge in [0.15, 0.2) is 0 Å². The second kappa shape index (κ2) is 7.99. The van der Waals surface area contributed by atoms with Crippen LogP contribution in [-0.4, -0.2) is 22.8 Å². The Hall–Kier alpha value is -3.47. The monoisotopic (exact) mass is 415 g/mol. The fraction of sp³-hybridized carbons (Fsp3) is 0.231. The number of halogens is 1. The second-order valence-corrected chi connectivity index (χ2v) is 8.17. The van der Waals surface area contributed by atoms with Gasteiger partial charge in [0.25, 0.3) is 5.91 Å². The van der Waals surface area contributed by atoms with E-state index in [0.29, 0.717) is 24.1 Å². The van der Waals surface area contributed by atoms with Crippen molar-refractivity contribution in [2.24, 2.45) is 0 Å². The van der Waals surface area contributed by atoms with Gasteiger partial charge in [0, 0.05) is 24.6 Å². The number of fused-ring (bicyclic) bond motifs is 1. The van der Waals surface area contributed by atoms with Crippen molar-refractivity contribution in [1.82, 2.24) is 4.90 Å². The van der Waals surface area contributed by atoms with Crippen molar-refractivity contribution in [2.75, 3.05) is 0 Å². The molecule has 5 rings (SSSR count). The molecule has 0 spiro atoms. The van der Waals surface area contributed by atoms with Gasteiger partial charge in [-0.25, -0.2) is 9.18 Å². The Kier molecular flexibility index (Phi) is 5.02. The molecule has 0 N–H and O–H groups in total. The number of hydrogen-bond donors (Lipinski definition) is 0. The van der Waals surface area contributed by atoms with Gasteiger partial charge in [-0.1, -0.05) is 42.5 Å². The zero-order valence-electron chi connectivity index (χ0n) is 17.0. The molecule has 156 valence electrons. The number of esters is 1. The number of ether oxygens (including phenoxy) is 1. The predicted octanol–water partition coefficient (Wildman–Crippen LogP) is 5.08. The highest BCUT2D eigenvalue weighted by atomic mass is 19.1. The van der Waals surface area contributed by atoms with E-state index in [9.17, 15) is 14.0 Å². The molecule has 1 saturated carbocycles. The molecule has 0 aromatic heterocycles. The lowest BCUT2D eigenvalue weighted by Crippen LogP contribution is -2.33. The molecule has 1 aliphatic carbocycles. The first-order valence-corrected chi connectivity index (χ1v) is 10.5. The third-order valence-corrected chi connectivity index (χ3v) is 5.91. The number of carbonyl (C=O) groups is 2. The Bertz CT molecular complexity index is 1120. The van der Waals surface area contributed by atoms with Crippen molar-refractivity contribution >= 4 is 11.9 Å². The van der Waals surface area contributed by atoms with Crippen LogP contribution in [0.25, 0.3) is 0 Å². The Balaban J connectivity index is 1.41. The van der Waals surface area contributed by atoms with E-state index in [0.717, 1.165) is 29.5 Å². The van der Waals surface area contributed by atoms with Crippen molar-refractivity contribution in [3.8, 4) is 0 Å². The summed E-state index contributed by atoms with van der Waals surface area (Å²) in [4.78, 5) is 27.7. The first-order valence-electron chi connectivity index (χ1n) is 10.5. The van der Waals surface area contributed by atoms with E-state index >= 15 is 0 Å². The van der Waals surface area contributed by atoms with E-state index < -0.39 is 0 Å². The zero-order valence-corrected chi connectivity index (χ0v) is 17.0. The Morgan fingerprint density at radius 1 is 1.00 bits per heavy atom. The van der Waals surface area contributed by atoms with Gasteiger partial charge in [0.05, 0.1) is 5.56 Å². The number of hydrogen-bond acceptors (Lipinski definition) is 3. The second-order valence-electron chi connectivity index (χ2n) is 8.17. The maximum absolute atomic E-state index is 13.4. The summed E-state index contributed by atoms with van der Waals surface area (Å²) in [6.07, 6.45) is 2.12. The Morgan fingerprint density at radius 2 is 1.74 bits per heavy atom. The van der Waals surface area contributed by atoms with Gasteiger partial charge in [0.2, 0.25) is 0 Å². The molecule has 31 heavy (non-hydrogen) atoms. The molecule has 5 heteroatoms. The van der Waals surface area contributed by atoms with Gasteiger partial charge in [-0.3, -0.25) is 4.79 Å². The van der Waals surface area contributed by atoms with Gasteiger partial charge in [-0.15, -0.1) is 0 Å². The minimum atomic E-state index is -0.362. The molecular formula is C26H22FNO3. The van der Waals surface area contributed by atoms with Crippen molar-refractivity contribution < 1.29 is 18.7 Å². The molecule has 0 radical (unpaired) electrons. The highest BCUT2D eigenvalue weighted by Gasteiger charge is 2.34. The van der Waals surface area contributed by atoms with Gasteiger partial charge < -0.3 is 9.64 Å². The molecule has 2 aliphatic rings. The van der Waals surface area contributed by atoms with E-state index in [-0.39, 0.29) is 29.8 Å². The maximum Gasteiger partial charge on any atom is 0.339 e. The van der Waals surface area contributed by atoms with E-state index in [1.165, 1.54) is 12.1 Å². The van der Waals surface area contributed by atoms with Crippen molar-refractivity contribution in [3.05, 3.63) is 106 Å². The van der Waals surface area contributed by atoms with Crippen LogP contribution in [0.2, 0.25) is 0 Å². The smallest absolute Gasteiger partial charge is 0.339 e. The molecule has 1 atom stereocenters. The molecular weight excluding hydrogens is 393 g/mol. The predicted molar refractivity (Wildman–Crippen MR) is 114 cm³/mol. The number of benzene rings is 3. The molecule has 3 aromatic rings. The largest absolute Gasteiger partial charge is 0.454 e. The van der Waals surface area contributed by atoms with Gasteiger partial charge in [0.1, 0.15) is 11.9 Å². The minimum absolute atomic E-state index is 0.0650. The highest BCUT2D eigenvalue weighted by molar-refractivity contribution is 5.98. The first kappa shape index (κ1) is 19.5. The van der Waals surface area contributed by atoms with E-state index in [1.807, 2.05) is 41.3 Å². The number of nitrogens with zero attached hydrogens (tertiary/aromatic N) is 1. The van der Waals surface area contributed by atoms with Gasteiger partial charge in [-0.05, 0) is 59.9 Å². The SMILES string of the molecule is O=C1O[C@@H](c2ccccc2)Cc2cc(C(=O)N(Cc3ccc(F)cc3)C3CC3)ccc21. The summed E-state index contributed by atoms with van der Waals surface area (Å²) < 4.78 is 18.9.